The van der Waals surface area contributed by atoms with Crippen molar-refractivity contribution in [2.45, 2.75) is 38.6 Å². The number of carbonyl (C=O) groups is 2. The first kappa shape index (κ1) is 25.2. The summed E-state index contributed by atoms with van der Waals surface area (Å²) in [5, 5.41) is 13.2. The van der Waals surface area contributed by atoms with Crippen LogP contribution in [0.5, 0.6) is 5.75 Å². The van der Waals surface area contributed by atoms with Crippen LogP contribution in [0.2, 0.25) is 0 Å². The second-order valence-corrected chi connectivity index (χ2v) is 9.71. The molecule has 0 fully saturated rings. The number of methoxy groups -OCH3 is 1. The third-order valence-electron chi connectivity index (χ3n) is 6.21. The number of carbonyl (C=O) groups excluding carboxylic acids is 2. The van der Waals surface area contributed by atoms with Gasteiger partial charge in [0.1, 0.15) is 16.8 Å². The van der Waals surface area contributed by atoms with E-state index in [2.05, 4.69) is 16.4 Å². The van der Waals surface area contributed by atoms with Crippen molar-refractivity contribution in [3.05, 3.63) is 75.9 Å². The van der Waals surface area contributed by atoms with Gasteiger partial charge in [0.05, 0.1) is 25.8 Å². The van der Waals surface area contributed by atoms with Crippen LogP contribution in [0.4, 0.5) is 9.80 Å². The molecule has 0 spiro atoms. The largest absolute Gasteiger partial charge is 0.496 e. The second-order valence-electron chi connectivity index (χ2n) is 8.61. The van der Waals surface area contributed by atoms with E-state index in [9.17, 15) is 14.9 Å². The molecule has 1 aromatic carbocycles. The van der Waals surface area contributed by atoms with Crippen molar-refractivity contribution < 1.29 is 19.1 Å². The molecule has 186 valence electrons. The number of hydrogen-bond acceptors (Lipinski definition) is 7. The standard InChI is InChI=1S/C27H28N4O4S/c1-18(20-5-3-4-6-23(20)34-2)15-25(32)30-26-22(16-28)21-9-13-31(17-24(21)36-26)27(33)35-14-10-19-7-11-29-12-8-19/h3-8,11-12,18H,9-10,13-15,17H2,1-2H3,(H,30,32). The number of hydrogen-bond donors (Lipinski definition) is 1. The number of aromatic nitrogens is 1. The Morgan fingerprint density at radius 3 is 2.78 bits per heavy atom. The zero-order valence-corrected chi connectivity index (χ0v) is 21.1. The van der Waals surface area contributed by atoms with E-state index in [4.69, 9.17) is 9.47 Å². The normalized spacial score (nSPS) is 13.3. The number of nitriles is 1. The minimum atomic E-state index is -0.377. The van der Waals surface area contributed by atoms with Gasteiger partial charge in [-0.3, -0.25) is 9.78 Å². The highest BCUT2D eigenvalue weighted by atomic mass is 32.1. The van der Waals surface area contributed by atoms with Crippen LogP contribution in [0.3, 0.4) is 0 Å². The molecule has 1 aliphatic heterocycles. The first-order chi connectivity index (χ1) is 17.5. The van der Waals surface area contributed by atoms with E-state index in [-0.39, 0.29) is 30.9 Å². The van der Waals surface area contributed by atoms with Gasteiger partial charge in [0, 0.05) is 36.7 Å². The lowest BCUT2D eigenvalue weighted by Crippen LogP contribution is -2.36. The van der Waals surface area contributed by atoms with Crippen molar-refractivity contribution >= 4 is 28.3 Å². The zero-order chi connectivity index (χ0) is 25.5. The lowest BCUT2D eigenvalue weighted by Gasteiger charge is -2.26. The predicted molar refractivity (Wildman–Crippen MR) is 137 cm³/mol. The molecule has 36 heavy (non-hydrogen) atoms. The van der Waals surface area contributed by atoms with Gasteiger partial charge in [-0.2, -0.15) is 5.26 Å². The van der Waals surface area contributed by atoms with E-state index in [0.717, 1.165) is 27.3 Å². The first-order valence-corrected chi connectivity index (χ1v) is 12.6. The van der Waals surface area contributed by atoms with Crippen molar-refractivity contribution in [3.8, 4) is 11.8 Å². The maximum Gasteiger partial charge on any atom is 0.410 e. The average Bonchev–Trinajstić information content (AvgIpc) is 3.24. The number of amides is 2. The number of rotatable bonds is 8. The fourth-order valence-electron chi connectivity index (χ4n) is 4.30. The summed E-state index contributed by atoms with van der Waals surface area (Å²) in [5.41, 5.74) is 3.39. The SMILES string of the molecule is COc1ccccc1C(C)CC(=O)Nc1sc2c(c1C#N)CCN(C(=O)OCCc1ccncc1)C2. The van der Waals surface area contributed by atoms with Crippen molar-refractivity contribution in [3.63, 3.8) is 0 Å². The maximum atomic E-state index is 12.8. The third kappa shape index (κ3) is 5.83. The average molecular weight is 505 g/mol. The summed E-state index contributed by atoms with van der Waals surface area (Å²) in [6, 6.07) is 13.7. The van der Waals surface area contributed by atoms with Gasteiger partial charge in [-0.15, -0.1) is 11.3 Å². The van der Waals surface area contributed by atoms with Gasteiger partial charge in [-0.05, 0) is 47.2 Å². The second kappa shape index (κ2) is 11.7. The van der Waals surface area contributed by atoms with Crippen LogP contribution in [0.1, 0.15) is 46.4 Å². The van der Waals surface area contributed by atoms with Crippen LogP contribution in [0.15, 0.2) is 48.8 Å². The maximum absolute atomic E-state index is 12.8. The molecule has 0 saturated heterocycles. The highest BCUT2D eigenvalue weighted by molar-refractivity contribution is 7.16. The Balaban J connectivity index is 1.36. The number of benzene rings is 1. The molecule has 3 aromatic rings. The molecule has 4 rings (SSSR count). The van der Waals surface area contributed by atoms with Gasteiger partial charge in [0.15, 0.2) is 0 Å². The number of fused-ring (bicyclic) bond motifs is 1. The lowest BCUT2D eigenvalue weighted by atomic mass is 9.96. The number of anilines is 1. The molecule has 8 nitrogen and oxygen atoms in total. The van der Waals surface area contributed by atoms with E-state index >= 15 is 0 Å². The molecule has 2 aromatic heterocycles. The van der Waals surface area contributed by atoms with Gasteiger partial charge in [-0.1, -0.05) is 25.1 Å². The summed E-state index contributed by atoms with van der Waals surface area (Å²) in [6.07, 6.45) is 4.46. The van der Waals surface area contributed by atoms with Crippen LogP contribution >= 0.6 is 11.3 Å². The molecule has 0 bridgehead atoms. The Morgan fingerprint density at radius 1 is 1.25 bits per heavy atom. The highest BCUT2D eigenvalue weighted by Crippen LogP contribution is 2.37. The molecule has 3 heterocycles. The van der Waals surface area contributed by atoms with Gasteiger partial charge in [-0.25, -0.2) is 4.79 Å². The number of ether oxygens (including phenoxy) is 2. The summed E-state index contributed by atoms with van der Waals surface area (Å²) in [7, 11) is 1.61. The topological polar surface area (TPSA) is 105 Å². The molecule has 0 radical (unpaired) electrons. The number of pyridine rings is 1. The Labute approximate surface area is 214 Å². The zero-order valence-electron chi connectivity index (χ0n) is 20.3. The fraction of sp³-hybridized carbons (Fsp3) is 0.333. The van der Waals surface area contributed by atoms with Gasteiger partial charge >= 0.3 is 6.09 Å². The van der Waals surface area contributed by atoms with E-state index in [1.165, 1.54) is 11.3 Å². The number of para-hydroxylation sites is 1. The smallest absolute Gasteiger partial charge is 0.410 e. The van der Waals surface area contributed by atoms with Gasteiger partial charge < -0.3 is 19.7 Å². The molecular weight excluding hydrogens is 476 g/mol. The van der Waals surface area contributed by atoms with Crippen LogP contribution in [-0.2, 0) is 28.9 Å². The molecule has 0 saturated carbocycles. The third-order valence-corrected chi connectivity index (χ3v) is 7.34. The van der Waals surface area contributed by atoms with E-state index in [0.29, 0.717) is 36.5 Å². The summed E-state index contributed by atoms with van der Waals surface area (Å²) in [4.78, 5) is 32.0. The minimum Gasteiger partial charge on any atom is -0.496 e. The Bertz CT molecular complexity index is 1270. The molecule has 1 N–H and O–H groups in total. The monoisotopic (exact) mass is 504 g/mol. The first-order valence-electron chi connectivity index (χ1n) is 11.8. The van der Waals surface area contributed by atoms with E-state index < -0.39 is 0 Å². The quantitative estimate of drug-likeness (QED) is 0.468. The van der Waals surface area contributed by atoms with Crippen molar-refractivity contribution in [1.82, 2.24) is 9.88 Å². The minimum absolute atomic E-state index is 0.0568. The van der Waals surface area contributed by atoms with Crippen molar-refractivity contribution in [2.24, 2.45) is 0 Å². The molecular formula is C27H28N4O4S. The highest BCUT2D eigenvalue weighted by Gasteiger charge is 2.28. The number of nitrogens with zero attached hydrogens (tertiary/aromatic N) is 3. The van der Waals surface area contributed by atoms with Crippen LogP contribution < -0.4 is 10.1 Å². The lowest BCUT2D eigenvalue weighted by molar-refractivity contribution is -0.116. The van der Waals surface area contributed by atoms with Gasteiger partial charge in [0.2, 0.25) is 5.91 Å². The van der Waals surface area contributed by atoms with Crippen molar-refractivity contribution in [2.75, 3.05) is 25.6 Å². The van der Waals surface area contributed by atoms with Gasteiger partial charge in [0.25, 0.3) is 0 Å². The molecule has 9 heteroatoms. The van der Waals surface area contributed by atoms with Crippen molar-refractivity contribution in [1.29, 1.82) is 5.26 Å². The summed E-state index contributed by atoms with van der Waals surface area (Å²) < 4.78 is 10.9. The Kier molecular flexibility index (Phi) is 8.18. The molecule has 1 atom stereocenters. The van der Waals surface area contributed by atoms with E-state index in [1.54, 1.807) is 24.4 Å². The number of thiophene rings is 1. The Morgan fingerprint density at radius 2 is 2.03 bits per heavy atom. The summed E-state index contributed by atoms with van der Waals surface area (Å²) in [6.45, 7) is 3.08. The number of nitrogens with one attached hydrogen (secondary N) is 1. The van der Waals surface area contributed by atoms with Crippen LogP contribution in [0, 0.1) is 11.3 Å². The molecule has 1 unspecified atom stereocenters. The summed E-state index contributed by atoms with van der Waals surface area (Å²) >= 11 is 1.35. The molecule has 0 aliphatic carbocycles. The summed E-state index contributed by atoms with van der Waals surface area (Å²) in [5.74, 6) is 0.518. The molecule has 2 amide bonds. The Hall–Kier alpha value is -3.90. The predicted octanol–water partition coefficient (Wildman–Crippen LogP) is 4.89. The van der Waals surface area contributed by atoms with Crippen LogP contribution in [-0.4, -0.2) is 42.1 Å². The molecule has 1 aliphatic rings. The van der Waals surface area contributed by atoms with Crippen LogP contribution in [0.25, 0.3) is 0 Å². The fourth-order valence-corrected chi connectivity index (χ4v) is 5.53. The van der Waals surface area contributed by atoms with E-state index in [1.807, 2.05) is 43.3 Å².